The lowest BCUT2D eigenvalue weighted by Crippen LogP contribution is -1.60. The Morgan fingerprint density at radius 2 is 1.80 bits per heavy atom. The summed E-state index contributed by atoms with van der Waals surface area (Å²) >= 11 is 1.70. The van der Waals surface area contributed by atoms with Crippen molar-refractivity contribution in [3.8, 4) is 0 Å². The summed E-state index contributed by atoms with van der Waals surface area (Å²) in [6.45, 7) is 1.51. The van der Waals surface area contributed by atoms with Crippen LogP contribution in [0, 0.1) is 0 Å². The van der Waals surface area contributed by atoms with Gasteiger partial charge >= 0.3 is 23.1 Å². The minimum atomic E-state index is 0. The minimum absolute atomic E-state index is 0. The van der Waals surface area contributed by atoms with Crippen LogP contribution < -0.4 is 0 Å². The van der Waals surface area contributed by atoms with E-state index >= 15 is 0 Å². The van der Waals surface area contributed by atoms with E-state index in [9.17, 15) is 4.79 Å². The first kappa shape index (κ1) is 9.48. The van der Waals surface area contributed by atoms with Crippen LogP contribution >= 0.6 is 22.6 Å². The number of hydrogen-bond donors (Lipinski definition) is 0. The molecule has 0 heterocycles. The molecule has 5 heavy (non-hydrogen) atoms. The minimum Gasteiger partial charge on any atom is -0.288 e. The summed E-state index contributed by atoms with van der Waals surface area (Å²) in [6, 6.07) is 0. The Morgan fingerprint density at radius 1 is 1.80 bits per heavy atom. The lowest BCUT2D eigenvalue weighted by atomic mass is 11.0. The van der Waals surface area contributed by atoms with Crippen molar-refractivity contribution < 1.29 is 4.79 Å². The highest BCUT2D eigenvalue weighted by Crippen LogP contribution is 1.76. The van der Waals surface area contributed by atoms with Crippen LogP contribution in [0.2, 0.25) is 0 Å². The van der Waals surface area contributed by atoms with Gasteiger partial charge in [0.15, 0.2) is 3.79 Å². The smallest absolute Gasteiger partial charge is 0.288 e. The van der Waals surface area contributed by atoms with E-state index in [2.05, 4.69) is 0 Å². The summed E-state index contributed by atoms with van der Waals surface area (Å²) in [5, 5.41) is 0. The molecule has 1 nitrogen and oxygen atoms in total. The second-order valence-electron chi connectivity index (χ2n) is 0.470. The third kappa shape index (κ3) is 38.1. The molecule has 0 N–H and O–H groups in total. The molecule has 0 aliphatic heterocycles. The van der Waals surface area contributed by atoms with Crippen LogP contribution in [-0.4, -0.2) is 26.8 Å². The molecule has 0 bridgehead atoms. The molecule has 0 saturated heterocycles. The fraction of sp³-hybridized carbons (Fsp3) is 0.500. The molecule has 0 aromatic heterocycles. The topological polar surface area (TPSA) is 17.1 Å². The molecule has 0 saturated carbocycles. The molecule has 0 aromatic rings. The predicted molar refractivity (Wildman–Crippen MR) is 33.2 cm³/mol. The normalized spacial score (nSPS) is 5.20. The number of carbonyl (C=O) groups is 1. The molecule has 28 valence electrons. The van der Waals surface area contributed by atoms with Crippen molar-refractivity contribution in [1.29, 1.82) is 0 Å². The maximum atomic E-state index is 9.43. The standard InChI is InChI=1S/C2H3IO.Mg.2H/c1-2(3)4;;;/h1H3;;;. The highest BCUT2D eigenvalue weighted by atomic mass is 127. The van der Waals surface area contributed by atoms with Gasteiger partial charge in [0.2, 0.25) is 0 Å². The largest absolute Gasteiger partial charge is 0.316 e. The number of carbonyl (C=O) groups excluding carboxylic acids is 1. The molecule has 0 spiro atoms. The molecule has 0 unspecified atom stereocenters. The summed E-state index contributed by atoms with van der Waals surface area (Å²) in [7, 11) is 0. The average molecular weight is 196 g/mol. The van der Waals surface area contributed by atoms with Crippen LogP contribution in [0.1, 0.15) is 6.92 Å². The zero-order chi connectivity index (χ0) is 3.58. The fourth-order valence-corrected chi connectivity index (χ4v) is 0. The van der Waals surface area contributed by atoms with Gasteiger partial charge in [-0.3, -0.25) is 4.79 Å². The monoisotopic (exact) mass is 196 g/mol. The summed E-state index contributed by atoms with van der Waals surface area (Å²) < 4.78 is 0.137. The summed E-state index contributed by atoms with van der Waals surface area (Å²) in [5.74, 6) is 0. The molecule has 0 rings (SSSR count). The number of hydrogen-bond acceptors (Lipinski definition) is 1. The van der Waals surface area contributed by atoms with E-state index in [0.29, 0.717) is 0 Å². The maximum absolute atomic E-state index is 9.43. The van der Waals surface area contributed by atoms with Crippen LogP contribution in [-0.2, 0) is 4.79 Å². The molecule has 0 aliphatic carbocycles. The van der Waals surface area contributed by atoms with Crippen LogP contribution in [0.25, 0.3) is 0 Å². The lowest BCUT2D eigenvalue weighted by Gasteiger charge is -1.52. The Kier molecular flexibility index (Phi) is 9.80. The quantitative estimate of drug-likeness (QED) is 0.304. The second-order valence-corrected chi connectivity index (χ2v) is 1.99. The van der Waals surface area contributed by atoms with Crippen LogP contribution in [0.5, 0.6) is 0 Å². The highest BCUT2D eigenvalue weighted by Gasteiger charge is 1.66. The molecule has 0 fully saturated rings. The average Bonchev–Trinajstić information content (AvgIpc) is 0.811. The summed E-state index contributed by atoms with van der Waals surface area (Å²) in [4.78, 5) is 9.43. The van der Waals surface area contributed by atoms with Crippen molar-refractivity contribution in [2.45, 2.75) is 6.92 Å². The van der Waals surface area contributed by atoms with Gasteiger partial charge in [0.05, 0.1) is 0 Å². The summed E-state index contributed by atoms with van der Waals surface area (Å²) in [5.41, 5.74) is 0. The van der Waals surface area contributed by atoms with Gasteiger partial charge in [0.1, 0.15) is 0 Å². The number of rotatable bonds is 0. The molecule has 3 heteroatoms. The van der Waals surface area contributed by atoms with Gasteiger partial charge in [0, 0.05) is 6.92 Å². The highest BCUT2D eigenvalue weighted by molar-refractivity contribution is 14.1. The molecule has 0 atom stereocenters. The molecule has 0 aromatic carbocycles. The first-order chi connectivity index (χ1) is 1.73. The molecular weight excluding hydrogens is 191 g/mol. The third-order valence-corrected chi connectivity index (χ3v) is 0. The van der Waals surface area contributed by atoms with Crippen molar-refractivity contribution in [1.82, 2.24) is 0 Å². The first-order valence-electron chi connectivity index (χ1n) is 0.893. The van der Waals surface area contributed by atoms with Gasteiger partial charge < -0.3 is 0 Å². The van der Waals surface area contributed by atoms with Crippen molar-refractivity contribution in [3.63, 3.8) is 0 Å². The first-order valence-corrected chi connectivity index (χ1v) is 1.97. The molecular formula is C2H5IMgO. The van der Waals surface area contributed by atoms with E-state index in [-0.39, 0.29) is 26.8 Å². The SMILES string of the molecule is CC(=O)I.[MgH2]. The lowest BCUT2D eigenvalue weighted by molar-refractivity contribution is -0.107. The Bertz CT molecular complexity index is 32.6. The van der Waals surface area contributed by atoms with Crippen LogP contribution in [0.3, 0.4) is 0 Å². The fourth-order valence-electron chi connectivity index (χ4n) is 0. The van der Waals surface area contributed by atoms with E-state index in [1.165, 1.54) is 6.92 Å². The predicted octanol–water partition coefficient (Wildman–Crippen LogP) is 0.0517. The van der Waals surface area contributed by atoms with Gasteiger partial charge in [-0.1, -0.05) is 0 Å². The molecule has 0 amide bonds. The van der Waals surface area contributed by atoms with Gasteiger partial charge in [-0.2, -0.15) is 0 Å². The van der Waals surface area contributed by atoms with Crippen molar-refractivity contribution >= 4 is 49.4 Å². The van der Waals surface area contributed by atoms with E-state index in [4.69, 9.17) is 0 Å². The van der Waals surface area contributed by atoms with E-state index in [0.717, 1.165) is 0 Å². The van der Waals surface area contributed by atoms with Crippen molar-refractivity contribution in [2.75, 3.05) is 0 Å². The van der Waals surface area contributed by atoms with Crippen LogP contribution in [0.4, 0.5) is 0 Å². The van der Waals surface area contributed by atoms with E-state index in [1.54, 1.807) is 22.6 Å². The third-order valence-electron chi connectivity index (χ3n) is 0. The van der Waals surface area contributed by atoms with E-state index in [1.807, 2.05) is 0 Å². The Labute approximate surface area is 60.8 Å². The van der Waals surface area contributed by atoms with Gasteiger partial charge in [-0.25, -0.2) is 0 Å². The molecule has 0 aliphatic rings. The number of halogens is 1. The van der Waals surface area contributed by atoms with Crippen molar-refractivity contribution in [2.24, 2.45) is 0 Å². The Hall–Kier alpha value is 1.17. The van der Waals surface area contributed by atoms with Crippen molar-refractivity contribution in [3.05, 3.63) is 0 Å². The summed E-state index contributed by atoms with van der Waals surface area (Å²) in [6.07, 6.45) is 0. The zero-order valence-electron chi connectivity index (χ0n) is 2.29. The second kappa shape index (κ2) is 5.17. The van der Waals surface area contributed by atoms with Gasteiger partial charge in [-0.15, -0.1) is 0 Å². The Morgan fingerprint density at radius 3 is 1.80 bits per heavy atom. The maximum Gasteiger partial charge on any atom is 0.316 e. The van der Waals surface area contributed by atoms with Crippen LogP contribution in [0.15, 0.2) is 0 Å². The van der Waals surface area contributed by atoms with Gasteiger partial charge in [-0.05, 0) is 22.6 Å². The van der Waals surface area contributed by atoms with Gasteiger partial charge in [0.25, 0.3) is 0 Å². The Balaban J connectivity index is 0. The zero-order valence-corrected chi connectivity index (χ0v) is 4.44. The molecule has 0 radical (unpaired) electrons. The van der Waals surface area contributed by atoms with E-state index < -0.39 is 0 Å².